The predicted octanol–water partition coefficient (Wildman–Crippen LogP) is 0.836. The molecule has 1 amide bonds. The van der Waals surface area contributed by atoms with E-state index in [1.165, 1.54) is 5.37 Å². The van der Waals surface area contributed by atoms with Crippen LogP contribution in [0.3, 0.4) is 0 Å². The smallest absolute Gasteiger partial charge is 0.234 e. The lowest BCUT2D eigenvalue weighted by atomic mass is 10.0. The molecule has 2 N–H and O–H groups in total. The van der Waals surface area contributed by atoms with Gasteiger partial charge in [0.2, 0.25) is 5.91 Å². The Morgan fingerprint density at radius 3 is 2.64 bits per heavy atom. The molecule has 1 rings (SSSR count). The maximum atomic E-state index is 11.4. The van der Waals surface area contributed by atoms with Crippen molar-refractivity contribution < 1.29 is 9.90 Å². The van der Waals surface area contributed by atoms with E-state index in [-0.39, 0.29) is 12.6 Å². The number of carbonyl (C=O) groups is 1. The Bertz CT molecular complexity index is 313. The van der Waals surface area contributed by atoms with E-state index >= 15 is 0 Å². The summed E-state index contributed by atoms with van der Waals surface area (Å²) in [7, 11) is 0. The summed E-state index contributed by atoms with van der Waals surface area (Å²) in [5, 5.41) is 12.3. The largest absolute Gasteiger partial charge is 0.377 e. The lowest BCUT2D eigenvalue weighted by Crippen LogP contribution is -2.30. The fourth-order valence-corrected chi connectivity index (χ4v) is 1.42. The molecule has 1 aromatic carbocycles. The van der Waals surface area contributed by atoms with Gasteiger partial charge >= 0.3 is 0 Å². The third kappa shape index (κ3) is 2.61. The van der Waals surface area contributed by atoms with E-state index in [2.05, 4.69) is 5.32 Å². The molecule has 0 saturated heterocycles. The van der Waals surface area contributed by atoms with E-state index in [0.717, 1.165) is 5.56 Å². The van der Waals surface area contributed by atoms with Crippen molar-refractivity contribution in [2.24, 2.45) is 0 Å². The van der Waals surface area contributed by atoms with Crippen LogP contribution in [0.15, 0.2) is 30.3 Å². The van der Waals surface area contributed by atoms with Crippen LogP contribution in [0.5, 0.6) is 0 Å². The molecule has 14 heavy (non-hydrogen) atoms. The molecule has 0 fully saturated rings. The first kappa shape index (κ1) is 10.8. The van der Waals surface area contributed by atoms with Crippen LogP contribution in [0.1, 0.15) is 11.5 Å². The molecule has 4 heteroatoms. The summed E-state index contributed by atoms with van der Waals surface area (Å²) in [6, 6.07) is 9.20. The van der Waals surface area contributed by atoms with Crippen molar-refractivity contribution in [2.75, 3.05) is 6.73 Å². The zero-order chi connectivity index (χ0) is 10.4. The topological polar surface area (TPSA) is 49.3 Å². The predicted molar refractivity (Wildman–Crippen MR) is 58.1 cm³/mol. The fourth-order valence-electron chi connectivity index (χ4n) is 1.14. The number of aliphatic hydroxyl groups excluding tert-OH is 1. The van der Waals surface area contributed by atoms with Gasteiger partial charge in [0.1, 0.15) is 6.73 Å². The molecule has 3 nitrogen and oxygen atoms in total. The summed E-state index contributed by atoms with van der Waals surface area (Å²) in [6.07, 6.45) is 0. The quantitative estimate of drug-likeness (QED) is 0.570. The summed E-state index contributed by atoms with van der Waals surface area (Å²) in [4.78, 5) is 11.4. The van der Waals surface area contributed by atoms with Crippen molar-refractivity contribution in [1.29, 1.82) is 0 Å². The van der Waals surface area contributed by atoms with Gasteiger partial charge in [0.05, 0.1) is 5.92 Å². The Morgan fingerprint density at radius 2 is 2.14 bits per heavy atom. The number of carbonyl (C=O) groups excluding carboxylic acids is 1. The van der Waals surface area contributed by atoms with Gasteiger partial charge in [0.25, 0.3) is 0 Å². The first-order valence-electron chi connectivity index (χ1n) is 4.18. The molecule has 0 saturated carbocycles. The molecule has 1 aromatic rings. The molecular weight excluding hydrogens is 198 g/mol. The van der Waals surface area contributed by atoms with Gasteiger partial charge in [-0.25, -0.2) is 0 Å². The third-order valence-corrected chi connectivity index (χ3v) is 2.10. The summed E-state index contributed by atoms with van der Waals surface area (Å²) in [5.41, 5.74) is 0.827. The van der Waals surface area contributed by atoms with Crippen molar-refractivity contribution in [2.45, 2.75) is 5.92 Å². The van der Waals surface area contributed by atoms with Crippen LogP contribution in [-0.2, 0) is 4.79 Å². The molecule has 0 aliphatic heterocycles. The average Bonchev–Trinajstić information content (AvgIpc) is 2.21. The average molecular weight is 209 g/mol. The van der Waals surface area contributed by atoms with Crippen molar-refractivity contribution >= 4 is 23.5 Å². The highest BCUT2D eigenvalue weighted by atomic mass is 32.1. The number of hydrogen-bond donors (Lipinski definition) is 2. The van der Waals surface area contributed by atoms with Crippen LogP contribution in [-0.4, -0.2) is 23.1 Å². The van der Waals surface area contributed by atoms with E-state index < -0.39 is 5.92 Å². The number of nitrogens with one attached hydrogen (secondary N) is 1. The van der Waals surface area contributed by atoms with Crippen molar-refractivity contribution in [1.82, 2.24) is 5.32 Å². The van der Waals surface area contributed by atoms with E-state index in [9.17, 15) is 4.79 Å². The highest BCUT2D eigenvalue weighted by Gasteiger charge is 2.16. The lowest BCUT2D eigenvalue weighted by Gasteiger charge is -2.10. The fraction of sp³-hybridized carbons (Fsp3) is 0.200. The molecule has 0 aromatic heterocycles. The minimum absolute atomic E-state index is 0.284. The molecule has 1 atom stereocenters. The Hall–Kier alpha value is -1.26. The van der Waals surface area contributed by atoms with Gasteiger partial charge in [-0.2, -0.15) is 0 Å². The monoisotopic (exact) mass is 209 g/mol. The van der Waals surface area contributed by atoms with E-state index in [0.29, 0.717) is 0 Å². The molecule has 74 valence electrons. The summed E-state index contributed by atoms with van der Waals surface area (Å²) in [6.45, 7) is -0.370. The number of aliphatic hydroxyl groups is 1. The summed E-state index contributed by atoms with van der Waals surface area (Å²) >= 11 is 4.78. The number of amides is 1. The van der Waals surface area contributed by atoms with Crippen LogP contribution in [0.2, 0.25) is 0 Å². The number of benzene rings is 1. The standard InChI is InChI=1S/C10H11NO2S/c12-7-11-10(13)9(6-14)8-4-2-1-3-5-8/h1-6,9,12H,7H2,(H,11,13). The van der Waals surface area contributed by atoms with Crippen molar-refractivity contribution in [3.63, 3.8) is 0 Å². The third-order valence-electron chi connectivity index (χ3n) is 1.83. The van der Waals surface area contributed by atoms with E-state index in [1.807, 2.05) is 30.3 Å². The maximum absolute atomic E-state index is 11.4. The van der Waals surface area contributed by atoms with Gasteiger partial charge in [-0.15, -0.1) is 0 Å². The number of rotatable bonds is 4. The first-order chi connectivity index (χ1) is 6.79. The second kappa shape index (κ2) is 5.47. The van der Waals surface area contributed by atoms with Gasteiger partial charge in [-0.05, 0) is 10.9 Å². The van der Waals surface area contributed by atoms with Gasteiger partial charge < -0.3 is 10.4 Å². The second-order valence-electron chi connectivity index (χ2n) is 2.72. The minimum atomic E-state index is -0.474. The second-order valence-corrected chi connectivity index (χ2v) is 3.00. The molecular formula is C10H11NO2S. The summed E-state index contributed by atoms with van der Waals surface area (Å²) in [5.74, 6) is -0.757. The minimum Gasteiger partial charge on any atom is -0.377 e. The summed E-state index contributed by atoms with van der Waals surface area (Å²) < 4.78 is 0. The molecule has 0 aliphatic rings. The molecule has 0 heterocycles. The van der Waals surface area contributed by atoms with Gasteiger partial charge in [-0.3, -0.25) is 4.79 Å². The SMILES string of the molecule is O=C(NCO)C(C=S)c1ccccc1. The Kier molecular flexibility index (Phi) is 4.22. The van der Waals surface area contributed by atoms with Crippen LogP contribution in [0, 0.1) is 0 Å². The highest BCUT2D eigenvalue weighted by molar-refractivity contribution is 7.79. The van der Waals surface area contributed by atoms with Crippen LogP contribution >= 0.6 is 12.2 Å². The molecule has 1 unspecified atom stereocenters. The van der Waals surface area contributed by atoms with Gasteiger partial charge in [0.15, 0.2) is 0 Å². The normalized spacial score (nSPS) is 11.8. The Labute approximate surface area is 87.8 Å². The Balaban J connectivity index is 2.82. The first-order valence-corrected chi connectivity index (χ1v) is 4.65. The lowest BCUT2D eigenvalue weighted by molar-refractivity contribution is -0.122. The van der Waals surface area contributed by atoms with Gasteiger partial charge in [-0.1, -0.05) is 42.5 Å². The van der Waals surface area contributed by atoms with Crippen LogP contribution in [0.4, 0.5) is 0 Å². The van der Waals surface area contributed by atoms with Crippen molar-refractivity contribution in [3.05, 3.63) is 35.9 Å². The molecule has 0 bridgehead atoms. The van der Waals surface area contributed by atoms with Crippen LogP contribution < -0.4 is 5.32 Å². The zero-order valence-corrected chi connectivity index (χ0v) is 8.33. The molecule has 0 aliphatic carbocycles. The van der Waals surface area contributed by atoms with E-state index in [4.69, 9.17) is 17.3 Å². The highest BCUT2D eigenvalue weighted by Crippen LogP contribution is 2.13. The maximum Gasteiger partial charge on any atom is 0.234 e. The number of hydrogen-bond acceptors (Lipinski definition) is 3. The van der Waals surface area contributed by atoms with Crippen molar-refractivity contribution in [3.8, 4) is 0 Å². The van der Waals surface area contributed by atoms with E-state index in [1.54, 1.807) is 0 Å². The molecule has 0 radical (unpaired) electrons. The van der Waals surface area contributed by atoms with Gasteiger partial charge in [0, 0.05) is 0 Å². The molecule has 0 spiro atoms. The van der Waals surface area contributed by atoms with Crippen LogP contribution in [0.25, 0.3) is 0 Å². The number of thiocarbonyl (C=S) groups is 1. The zero-order valence-electron chi connectivity index (χ0n) is 7.51. The Morgan fingerprint density at radius 1 is 1.50 bits per heavy atom.